The Bertz CT molecular complexity index is 583. The van der Waals surface area contributed by atoms with Crippen LogP contribution in [0.15, 0.2) is 36.4 Å². The molecule has 2 aromatic rings. The monoisotopic (exact) mass is 318 g/mol. The number of hydrogen-bond donors (Lipinski definition) is 0. The average Bonchev–Trinajstić information content (AvgIpc) is 2.32. The first-order valence-corrected chi connectivity index (χ1v) is 5.95. The Morgan fingerprint density at radius 1 is 0.833 bits per heavy atom. The summed E-state index contributed by atoms with van der Waals surface area (Å²) in [6.07, 6.45) is 0. The van der Waals surface area contributed by atoms with Crippen LogP contribution < -0.4 is 0 Å². The van der Waals surface area contributed by atoms with E-state index < -0.39 is 28.1 Å². The van der Waals surface area contributed by atoms with Gasteiger partial charge in [-0.05, 0) is 12.1 Å². The molecule has 0 radical (unpaired) electrons. The molecule has 0 N–H and O–H groups in total. The highest BCUT2D eigenvalue weighted by Gasteiger charge is 2.20. The van der Waals surface area contributed by atoms with Crippen LogP contribution in [0.1, 0.15) is 16.0 Å². The van der Waals surface area contributed by atoms with Crippen LogP contribution in [-0.2, 0) is 0 Å². The molecule has 0 aliphatic rings. The van der Waals surface area contributed by atoms with Gasteiger partial charge in [0.15, 0.2) is 11.6 Å². The highest BCUT2D eigenvalue weighted by atomic mass is 79.9. The van der Waals surface area contributed by atoms with Crippen LogP contribution in [0.3, 0.4) is 0 Å². The fourth-order valence-electron chi connectivity index (χ4n) is 1.59. The molecule has 5 heteroatoms. The fraction of sp³-hybridized carbons (Fsp3) is 0.0769. The zero-order valence-corrected chi connectivity index (χ0v) is 10.5. The molecule has 0 saturated carbocycles. The van der Waals surface area contributed by atoms with Crippen molar-refractivity contribution in [2.45, 2.75) is 4.83 Å². The summed E-state index contributed by atoms with van der Waals surface area (Å²) in [7, 11) is 0. The highest BCUT2D eigenvalue weighted by molar-refractivity contribution is 9.09. The van der Waals surface area contributed by atoms with Crippen LogP contribution in [0, 0.1) is 23.3 Å². The predicted molar refractivity (Wildman–Crippen MR) is 63.5 cm³/mol. The predicted octanol–water partition coefficient (Wildman–Crippen LogP) is 4.73. The minimum absolute atomic E-state index is 0.0412. The third kappa shape index (κ3) is 2.41. The summed E-state index contributed by atoms with van der Waals surface area (Å²) in [6, 6.07) is 6.57. The number of alkyl halides is 1. The summed E-state index contributed by atoms with van der Waals surface area (Å²) in [4.78, 5) is -0.881. The molecule has 1 unspecified atom stereocenters. The Morgan fingerprint density at radius 3 is 2.22 bits per heavy atom. The van der Waals surface area contributed by atoms with Gasteiger partial charge in [0.25, 0.3) is 0 Å². The van der Waals surface area contributed by atoms with Gasteiger partial charge in [-0.3, -0.25) is 0 Å². The van der Waals surface area contributed by atoms with Crippen molar-refractivity contribution in [1.82, 2.24) is 0 Å². The second kappa shape index (κ2) is 5.10. The molecule has 0 heterocycles. The van der Waals surface area contributed by atoms with Crippen molar-refractivity contribution in [3.63, 3.8) is 0 Å². The quantitative estimate of drug-likeness (QED) is 0.555. The number of rotatable bonds is 2. The van der Waals surface area contributed by atoms with Crippen molar-refractivity contribution in [1.29, 1.82) is 0 Å². The molecule has 0 fully saturated rings. The summed E-state index contributed by atoms with van der Waals surface area (Å²) in [5.74, 6) is -3.61. The largest absolute Gasteiger partial charge is 0.207 e. The zero-order valence-electron chi connectivity index (χ0n) is 8.93. The maximum absolute atomic E-state index is 13.5. The van der Waals surface area contributed by atoms with Gasteiger partial charge in [0.2, 0.25) is 0 Å². The third-order valence-electron chi connectivity index (χ3n) is 2.49. The minimum Gasteiger partial charge on any atom is -0.207 e. The Hall–Kier alpha value is -1.36. The van der Waals surface area contributed by atoms with E-state index in [9.17, 15) is 17.6 Å². The smallest absolute Gasteiger partial charge is 0.163 e. The van der Waals surface area contributed by atoms with Crippen molar-refractivity contribution in [2.75, 3.05) is 0 Å². The van der Waals surface area contributed by atoms with Crippen LogP contribution in [-0.4, -0.2) is 0 Å². The number of hydrogen-bond acceptors (Lipinski definition) is 0. The van der Waals surface area contributed by atoms with E-state index >= 15 is 0 Å². The molecule has 0 aliphatic heterocycles. The highest BCUT2D eigenvalue weighted by Crippen LogP contribution is 2.34. The lowest BCUT2D eigenvalue weighted by molar-refractivity contribution is 0.499. The van der Waals surface area contributed by atoms with Gasteiger partial charge in [0, 0.05) is 17.2 Å². The number of halogens is 5. The Balaban J connectivity index is 2.48. The molecule has 18 heavy (non-hydrogen) atoms. The van der Waals surface area contributed by atoms with Gasteiger partial charge in [-0.15, -0.1) is 0 Å². The van der Waals surface area contributed by atoms with E-state index in [1.54, 1.807) is 0 Å². The van der Waals surface area contributed by atoms with E-state index in [1.807, 2.05) is 0 Å². The Morgan fingerprint density at radius 2 is 1.56 bits per heavy atom. The molecule has 0 aliphatic carbocycles. The molecule has 0 saturated heterocycles. The summed E-state index contributed by atoms with van der Waals surface area (Å²) in [6.45, 7) is 0. The lowest BCUT2D eigenvalue weighted by Crippen LogP contribution is -2.01. The summed E-state index contributed by atoms with van der Waals surface area (Å²) in [5.41, 5.74) is 0.00130. The molecule has 0 amide bonds. The molecular formula is C13H7BrF4. The van der Waals surface area contributed by atoms with Crippen molar-refractivity contribution in [3.8, 4) is 0 Å². The third-order valence-corrected chi connectivity index (χ3v) is 3.48. The van der Waals surface area contributed by atoms with Gasteiger partial charge in [-0.2, -0.15) is 0 Å². The molecule has 2 aromatic carbocycles. The molecule has 2 rings (SSSR count). The van der Waals surface area contributed by atoms with Gasteiger partial charge in [0.05, 0.1) is 4.83 Å². The Kier molecular flexibility index (Phi) is 3.71. The van der Waals surface area contributed by atoms with E-state index in [1.165, 1.54) is 18.2 Å². The van der Waals surface area contributed by atoms with Crippen molar-refractivity contribution < 1.29 is 17.6 Å². The maximum Gasteiger partial charge on any atom is 0.163 e. The van der Waals surface area contributed by atoms with Crippen molar-refractivity contribution in [2.24, 2.45) is 0 Å². The van der Waals surface area contributed by atoms with Gasteiger partial charge in [-0.1, -0.05) is 34.1 Å². The molecule has 0 bridgehead atoms. The first-order valence-electron chi connectivity index (χ1n) is 5.03. The van der Waals surface area contributed by atoms with Crippen LogP contribution in [0.4, 0.5) is 17.6 Å². The maximum atomic E-state index is 13.5. The van der Waals surface area contributed by atoms with E-state index in [-0.39, 0.29) is 11.1 Å². The normalized spacial score (nSPS) is 12.5. The first-order chi connectivity index (χ1) is 8.50. The first kappa shape index (κ1) is 13.1. The van der Waals surface area contributed by atoms with Gasteiger partial charge in [0.1, 0.15) is 11.6 Å². The summed E-state index contributed by atoms with van der Waals surface area (Å²) >= 11 is 3.09. The van der Waals surface area contributed by atoms with Gasteiger partial charge < -0.3 is 0 Å². The fourth-order valence-corrected chi connectivity index (χ4v) is 2.32. The van der Waals surface area contributed by atoms with E-state index in [0.717, 1.165) is 12.1 Å². The standard InChI is InChI=1S/C13H7BrF4/c14-12(8-5-4-7(15)6-11(8)17)9-2-1-3-10(16)13(9)18/h1-6,12H. The SMILES string of the molecule is Fc1ccc(C(Br)c2cccc(F)c2F)c(F)c1. The molecular weight excluding hydrogens is 312 g/mol. The minimum atomic E-state index is -1.05. The van der Waals surface area contributed by atoms with Gasteiger partial charge >= 0.3 is 0 Å². The van der Waals surface area contributed by atoms with Crippen LogP contribution in [0.25, 0.3) is 0 Å². The van der Waals surface area contributed by atoms with E-state index in [0.29, 0.717) is 6.07 Å². The average molecular weight is 319 g/mol. The molecule has 94 valence electrons. The number of benzene rings is 2. The molecule has 0 aromatic heterocycles. The summed E-state index contributed by atoms with van der Waals surface area (Å²) in [5, 5.41) is 0. The van der Waals surface area contributed by atoms with E-state index in [4.69, 9.17) is 0 Å². The van der Waals surface area contributed by atoms with Crippen molar-refractivity contribution in [3.05, 3.63) is 70.8 Å². The molecule has 0 spiro atoms. The lowest BCUT2D eigenvalue weighted by atomic mass is 10.0. The summed E-state index contributed by atoms with van der Waals surface area (Å²) < 4.78 is 52.9. The van der Waals surface area contributed by atoms with Crippen LogP contribution in [0.5, 0.6) is 0 Å². The van der Waals surface area contributed by atoms with Crippen LogP contribution >= 0.6 is 15.9 Å². The molecule has 1 atom stereocenters. The topological polar surface area (TPSA) is 0 Å². The Labute approximate surface area is 109 Å². The zero-order chi connectivity index (χ0) is 13.3. The van der Waals surface area contributed by atoms with Crippen LogP contribution in [0.2, 0.25) is 0 Å². The molecule has 0 nitrogen and oxygen atoms in total. The second-order valence-electron chi connectivity index (χ2n) is 3.67. The van der Waals surface area contributed by atoms with Gasteiger partial charge in [-0.25, -0.2) is 17.6 Å². The van der Waals surface area contributed by atoms with E-state index in [2.05, 4.69) is 15.9 Å². The lowest BCUT2D eigenvalue weighted by Gasteiger charge is -2.13. The van der Waals surface area contributed by atoms with Crippen molar-refractivity contribution >= 4 is 15.9 Å². The second-order valence-corrected chi connectivity index (χ2v) is 4.59.